The zero-order chi connectivity index (χ0) is 14.4. The molecule has 0 radical (unpaired) electrons. The third-order valence-corrected chi connectivity index (χ3v) is 2.92. The van der Waals surface area contributed by atoms with E-state index in [1.165, 1.54) is 11.8 Å². The molecule has 2 N–H and O–H groups in total. The first-order valence-electron chi connectivity index (χ1n) is 5.84. The first-order chi connectivity index (χ1) is 8.95. The zero-order valence-electron chi connectivity index (χ0n) is 10.5. The number of halogens is 1. The maximum absolute atomic E-state index is 12.2. The number of aliphatic carboxylic acids is 1. The lowest BCUT2D eigenvalue weighted by molar-refractivity contribution is -0.141. The van der Waals surface area contributed by atoms with Gasteiger partial charge in [-0.3, -0.25) is 9.59 Å². The highest BCUT2D eigenvalue weighted by molar-refractivity contribution is 6.30. The van der Waals surface area contributed by atoms with Gasteiger partial charge in [0.05, 0.1) is 12.5 Å². The molecule has 5 nitrogen and oxygen atoms in total. The average molecular weight is 286 g/mol. The molecule has 0 spiro atoms. The van der Waals surface area contributed by atoms with Gasteiger partial charge in [-0.25, -0.2) is 0 Å². The average Bonchev–Trinajstić information content (AvgIpc) is 2.38. The van der Waals surface area contributed by atoms with Gasteiger partial charge in [-0.1, -0.05) is 18.5 Å². The fourth-order valence-electron chi connectivity index (χ4n) is 1.58. The van der Waals surface area contributed by atoms with Crippen molar-refractivity contribution in [1.29, 1.82) is 0 Å². The van der Waals surface area contributed by atoms with Crippen molar-refractivity contribution in [3.8, 4) is 0 Å². The van der Waals surface area contributed by atoms with Crippen LogP contribution in [0.15, 0.2) is 24.3 Å². The fourth-order valence-corrected chi connectivity index (χ4v) is 1.71. The summed E-state index contributed by atoms with van der Waals surface area (Å²) in [6.07, 6.45) is 0. The molecular formula is C13H16ClNO4. The highest BCUT2D eigenvalue weighted by atomic mass is 35.5. The summed E-state index contributed by atoms with van der Waals surface area (Å²) in [6.45, 7) is 1.45. The highest BCUT2D eigenvalue weighted by Gasteiger charge is 2.21. The summed E-state index contributed by atoms with van der Waals surface area (Å²) >= 11 is 5.74. The van der Waals surface area contributed by atoms with Crippen LogP contribution >= 0.6 is 11.6 Å². The van der Waals surface area contributed by atoms with E-state index in [1.807, 2.05) is 0 Å². The Labute approximate surface area is 116 Å². The van der Waals surface area contributed by atoms with Crippen LogP contribution in [-0.2, 0) is 4.79 Å². The number of carboxylic acids is 1. The maximum Gasteiger partial charge on any atom is 0.308 e. The molecule has 1 unspecified atom stereocenters. The smallest absolute Gasteiger partial charge is 0.308 e. The number of carboxylic acid groups (broad SMARTS) is 1. The van der Waals surface area contributed by atoms with Gasteiger partial charge in [0.1, 0.15) is 0 Å². The molecule has 0 bridgehead atoms. The van der Waals surface area contributed by atoms with E-state index in [-0.39, 0.29) is 25.6 Å². The van der Waals surface area contributed by atoms with Gasteiger partial charge in [-0.05, 0) is 24.3 Å². The molecule has 104 valence electrons. The largest absolute Gasteiger partial charge is 0.481 e. The van der Waals surface area contributed by atoms with Crippen molar-refractivity contribution >= 4 is 23.5 Å². The molecule has 0 aliphatic carbocycles. The van der Waals surface area contributed by atoms with Gasteiger partial charge in [0, 0.05) is 23.7 Å². The van der Waals surface area contributed by atoms with Gasteiger partial charge in [0.25, 0.3) is 5.91 Å². The fraction of sp³-hybridized carbons (Fsp3) is 0.385. The Morgan fingerprint density at radius 2 is 1.89 bits per heavy atom. The first-order valence-corrected chi connectivity index (χ1v) is 6.22. The Morgan fingerprint density at radius 1 is 1.32 bits per heavy atom. The van der Waals surface area contributed by atoms with Gasteiger partial charge in [0.2, 0.25) is 0 Å². The van der Waals surface area contributed by atoms with E-state index in [0.29, 0.717) is 10.6 Å². The van der Waals surface area contributed by atoms with E-state index in [1.54, 1.807) is 24.3 Å². The summed E-state index contributed by atoms with van der Waals surface area (Å²) in [5, 5.41) is 18.4. The van der Waals surface area contributed by atoms with Gasteiger partial charge in [0.15, 0.2) is 0 Å². The summed E-state index contributed by atoms with van der Waals surface area (Å²) in [6, 6.07) is 6.32. The Hall–Kier alpha value is -1.59. The molecule has 0 aromatic heterocycles. The van der Waals surface area contributed by atoms with E-state index < -0.39 is 11.9 Å². The van der Waals surface area contributed by atoms with Crippen LogP contribution in [0, 0.1) is 5.92 Å². The van der Waals surface area contributed by atoms with E-state index in [4.69, 9.17) is 21.8 Å². The highest BCUT2D eigenvalue weighted by Crippen LogP contribution is 2.12. The lowest BCUT2D eigenvalue weighted by Gasteiger charge is -2.23. The summed E-state index contributed by atoms with van der Waals surface area (Å²) < 4.78 is 0. The monoisotopic (exact) mass is 285 g/mol. The number of aliphatic hydroxyl groups is 1. The van der Waals surface area contributed by atoms with Crippen molar-refractivity contribution in [2.24, 2.45) is 5.92 Å². The van der Waals surface area contributed by atoms with Crippen LogP contribution in [0.5, 0.6) is 0 Å². The number of amides is 1. The molecule has 0 saturated heterocycles. The number of rotatable bonds is 6. The topological polar surface area (TPSA) is 77.8 Å². The molecule has 1 aromatic rings. The molecule has 0 aliphatic heterocycles. The number of hydrogen-bond acceptors (Lipinski definition) is 3. The Kier molecular flexibility index (Phi) is 5.79. The van der Waals surface area contributed by atoms with Crippen LogP contribution in [0.25, 0.3) is 0 Å². The van der Waals surface area contributed by atoms with E-state index in [0.717, 1.165) is 0 Å². The van der Waals surface area contributed by atoms with E-state index in [9.17, 15) is 9.59 Å². The third-order valence-electron chi connectivity index (χ3n) is 2.66. The molecule has 1 rings (SSSR count). The molecule has 1 aromatic carbocycles. The lowest BCUT2D eigenvalue weighted by atomic mass is 10.1. The Balaban J connectivity index is 2.83. The van der Waals surface area contributed by atoms with Crippen molar-refractivity contribution in [3.63, 3.8) is 0 Å². The van der Waals surface area contributed by atoms with Crippen molar-refractivity contribution in [1.82, 2.24) is 4.90 Å². The zero-order valence-corrected chi connectivity index (χ0v) is 11.3. The molecule has 0 saturated carbocycles. The summed E-state index contributed by atoms with van der Waals surface area (Å²) in [5.74, 6) is -1.99. The van der Waals surface area contributed by atoms with Crippen LogP contribution < -0.4 is 0 Å². The van der Waals surface area contributed by atoms with E-state index >= 15 is 0 Å². The predicted molar refractivity (Wildman–Crippen MR) is 71.2 cm³/mol. The second-order valence-electron chi connectivity index (χ2n) is 4.22. The standard InChI is InChI=1S/C13H16ClNO4/c1-9(13(18)19)8-15(6-7-16)12(17)10-2-4-11(14)5-3-10/h2-5,9,16H,6-8H2,1H3,(H,18,19). The van der Waals surface area contributed by atoms with Crippen molar-refractivity contribution in [2.75, 3.05) is 19.7 Å². The minimum atomic E-state index is -0.980. The lowest BCUT2D eigenvalue weighted by Crippen LogP contribution is -2.38. The summed E-state index contributed by atoms with van der Waals surface area (Å²) in [5.41, 5.74) is 0.412. The minimum absolute atomic E-state index is 0.0529. The SMILES string of the molecule is CC(CN(CCO)C(=O)c1ccc(Cl)cc1)C(=O)O. The Bertz CT molecular complexity index is 446. The molecule has 0 fully saturated rings. The predicted octanol–water partition coefficient (Wildman–Crippen LogP) is 1.50. The van der Waals surface area contributed by atoms with E-state index in [2.05, 4.69) is 0 Å². The van der Waals surface area contributed by atoms with Gasteiger partial charge < -0.3 is 15.1 Å². The van der Waals surface area contributed by atoms with Gasteiger partial charge in [-0.2, -0.15) is 0 Å². The number of benzene rings is 1. The van der Waals surface area contributed by atoms with Crippen LogP contribution in [0.2, 0.25) is 5.02 Å². The molecule has 6 heteroatoms. The van der Waals surface area contributed by atoms with Crippen molar-refractivity contribution in [3.05, 3.63) is 34.9 Å². The quantitative estimate of drug-likeness (QED) is 0.830. The molecule has 1 atom stereocenters. The number of carbonyl (C=O) groups excluding carboxylic acids is 1. The van der Waals surface area contributed by atoms with Crippen LogP contribution in [0.3, 0.4) is 0 Å². The van der Waals surface area contributed by atoms with Crippen molar-refractivity contribution < 1.29 is 19.8 Å². The third kappa shape index (κ3) is 4.54. The summed E-state index contributed by atoms with van der Waals surface area (Å²) in [7, 11) is 0. The molecule has 0 aliphatic rings. The number of aliphatic hydroxyl groups excluding tert-OH is 1. The molecule has 0 heterocycles. The number of hydrogen-bond donors (Lipinski definition) is 2. The van der Waals surface area contributed by atoms with Crippen LogP contribution in [0.1, 0.15) is 17.3 Å². The van der Waals surface area contributed by atoms with Gasteiger partial charge >= 0.3 is 5.97 Å². The first kappa shape index (κ1) is 15.5. The molecule has 19 heavy (non-hydrogen) atoms. The number of carbonyl (C=O) groups is 2. The maximum atomic E-state index is 12.2. The molecular weight excluding hydrogens is 270 g/mol. The van der Waals surface area contributed by atoms with Gasteiger partial charge in [-0.15, -0.1) is 0 Å². The van der Waals surface area contributed by atoms with Crippen LogP contribution in [-0.4, -0.2) is 46.7 Å². The normalized spacial score (nSPS) is 11.9. The minimum Gasteiger partial charge on any atom is -0.481 e. The van der Waals surface area contributed by atoms with Crippen molar-refractivity contribution in [2.45, 2.75) is 6.92 Å². The Morgan fingerprint density at radius 3 is 2.37 bits per heavy atom. The summed E-state index contributed by atoms with van der Waals surface area (Å²) in [4.78, 5) is 24.3. The molecule has 1 amide bonds. The van der Waals surface area contributed by atoms with Crippen LogP contribution in [0.4, 0.5) is 0 Å². The second kappa shape index (κ2) is 7.11. The number of nitrogens with zero attached hydrogens (tertiary/aromatic N) is 1. The second-order valence-corrected chi connectivity index (χ2v) is 4.66.